The summed E-state index contributed by atoms with van der Waals surface area (Å²) in [6.45, 7) is 7.56. The molecule has 0 amide bonds. The van der Waals surface area contributed by atoms with Crippen LogP contribution < -0.4 is 33.2 Å². The van der Waals surface area contributed by atoms with Crippen molar-refractivity contribution in [2.45, 2.75) is 64.0 Å². The van der Waals surface area contributed by atoms with Gasteiger partial charge in [-0.3, -0.25) is 14.4 Å². The molecule has 3 radical (unpaired) electrons. The highest BCUT2D eigenvalue weighted by atomic mass is 32.2. The summed E-state index contributed by atoms with van der Waals surface area (Å²) >= 11 is 4.73. The first kappa shape index (κ1) is 47.7. The van der Waals surface area contributed by atoms with E-state index in [2.05, 4.69) is 42.5 Å². The van der Waals surface area contributed by atoms with Crippen molar-refractivity contribution in [3.05, 3.63) is 139 Å². The standard InChI is InChI=1S/C22H26O8S.C14H11O2S.C12H8S/c1-11-9-10-15(25-5)17(26-6)21(11)31-22-12(2)16(29-13(3)23)19(30-14(4)24)18(27-7)20(22)28-8;1-11(15)16-12-7-9-14(10-8-12)17-13-5-3-2-4-6-13;1-3-7-11(8-4-1)13-12-9-5-2-6-10-12/h9-10H,1-8H3;3-10H,1H3;3-10H. The van der Waals surface area contributed by atoms with E-state index >= 15 is 0 Å². The Bertz CT molecular complexity index is 2320. The van der Waals surface area contributed by atoms with Crippen molar-refractivity contribution in [3.63, 3.8) is 0 Å². The minimum Gasteiger partial charge on any atom is -0.493 e. The van der Waals surface area contributed by atoms with E-state index in [1.165, 1.54) is 56.5 Å². The van der Waals surface area contributed by atoms with E-state index in [9.17, 15) is 14.4 Å². The SMILES string of the molecule is CC(=O)Oc1ccc(Sc2cc[c]cc2)cc1.COc1ccc(C)c(Sc2c(C)c(OC(C)=O)c(OC(C)=O)c(OC)c2OC)c1OC.[c]1ccc(Sc2cc[c]cc2)cc1. The van der Waals surface area contributed by atoms with Crippen LogP contribution in [0.2, 0.25) is 0 Å². The zero-order chi connectivity index (χ0) is 44.3. The van der Waals surface area contributed by atoms with Crippen molar-refractivity contribution in [1.82, 2.24) is 0 Å². The number of ether oxygens (including phenoxy) is 7. The lowest BCUT2D eigenvalue weighted by molar-refractivity contribution is -0.134. The average molecular weight is 878 g/mol. The molecule has 6 rings (SSSR count). The fourth-order valence-electron chi connectivity index (χ4n) is 5.31. The third-order valence-electron chi connectivity index (χ3n) is 7.93. The molecule has 0 fully saturated rings. The number of hydrogen-bond donors (Lipinski definition) is 0. The highest BCUT2D eigenvalue weighted by Crippen LogP contribution is 2.56. The van der Waals surface area contributed by atoms with Crippen molar-refractivity contribution in [2.75, 3.05) is 28.4 Å². The fourth-order valence-corrected chi connectivity index (χ4v) is 8.17. The van der Waals surface area contributed by atoms with E-state index in [0.717, 1.165) is 20.2 Å². The van der Waals surface area contributed by atoms with Crippen LogP contribution in [0.3, 0.4) is 0 Å². The second-order valence-corrected chi connectivity index (χ2v) is 15.7. The molecular formula is C48H45O10S3. The maximum atomic E-state index is 11.8. The van der Waals surface area contributed by atoms with Crippen LogP contribution in [-0.2, 0) is 14.4 Å². The van der Waals surface area contributed by atoms with Gasteiger partial charge < -0.3 is 33.2 Å². The molecule has 0 saturated heterocycles. The molecule has 6 aromatic rings. The number of esters is 3. The van der Waals surface area contributed by atoms with Gasteiger partial charge in [-0.1, -0.05) is 77.8 Å². The van der Waals surface area contributed by atoms with Gasteiger partial charge in [-0.15, -0.1) is 0 Å². The van der Waals surface area contributed by atoms with Gasteiger partial charge in [0.05, 0.1) is 38.2 Å². The van der Waals surface area contributed by atoms with Gasteiger partial charge in [0.2, 0.25) is 11.5 Å². The summed E-state index contributed by atoms with van der Waals surface area (Å²) < 4.78 is 37.8. The molecule has 0 aliphatic carbocycles. The second kappa shape index (κ2) is 24.3. The van der Waals surface area contributed by atoms with Crippen molar-refractivity contribution < 1.29 is 47.5 Å². The predicted octanol–water partition coefficient (Wildman–Crippen LogP) is 11.3. The van der Waals surface area contributed by atoms with Gasteiger partial charge in [0.1, 0.15) is 5.75 Å². The van der Waals surface area contributed by atoms with Crippen molar-refractivity contribution >= 4 is 53.2 Å². The Morgan fingerprint density at radius 1 is 0.426 bits per heavy atom. The van der Waals surface area contributed by atoms with Crippen molar-refractivity contribution in [3.8, 4) is 40.2 Å². The summed E-state index contributed by atoms with van der Waals surface area (Å²) in [5.41, 5.74) is 1.46. The number of methoxy groups -OCH3 is 4. The first-order valence-electron chi connectivity index (χ1n) is 18.5. The summed E-state index contributed by atoms with van der Waals surface area (Å²) in [7, 11) is 5.99. The number of carbonyl (C=O) groups excluding carboxylic acids is 3. The largest absolute Gasteiger partial charge is 0.493 e. The number of rotatable bonds is 13. The molecule has 0 saturated carbocycles. The number of benzene rings is 6. The van der Waals surface area contributed by atoms with Gasteiger partial charge in [0.25, 0.3) is 0 Å². The van der Waals surface area contributed by atoms with E-state index < -0.39 is 11.9 Å². The molecule has 315 valence electrons. The molecule has 10 nitrogen and oxygen atoms in total. The quantitative estimate of drug-likeness (QED) is 0.0810. The summed E-state index contributed by atoms with van der Waals surface area (Å²) in [6, 6.07) is 43.9. The van der Waals surface area contributed by atoms with Crippen LogP contribution in [0.4, 0.5) is 0 Å². The molecule has 0 heterocycles. The molecule has 0 aliphatic heterocycles. The molecule has 13 heteroatoms. The van der Waals surface area contributed by atoms with Gasteiger partial charge in [0.15, 0.2) is 23.0 Å². The third kappa shape index (κ3) is 14.3. The lowest BCUT2D eigenvalue weighted by atomic mass is 10.1. The smallest absolute Gasteiger partial charge is 0.308 e. The Labute approximate surface area is 370 Å². The van der Waals surface area contributed by atoms with E-state index in [1.54, 1.807) is 56.8 Å². The topological polar surface area (TPSA) is 116 Å². The van der Waals surface area contributed by atoms with Crippen LogP contribution in [0, 0.1) is 32.0 Å². The average Bonchev–Trinajstić information content (AvgIpc) is 3.25. The minimum absolute atomic E-state index is 0.0294. The van der Waals surface area contributed by atoms with E-state index in [-0.39, 0.29) is 23.2 Å². The summed E-state index contributed by atoms with van der Waals surface area (Å²) in [5, 5.41) is 0. The second-order valence-electron chi connectivity index (χ2n) is 12.4. The number of aryl methyl sites for hydroxylation is 1. The van der Waals surface area contributed by atoms with Gasteiger partial charge in [-0.25, -0.2) is 0 Å². The molecule has 61 heavy (non-hydrogen) atoms. The Morgan fingerprint density at radius 3 is 1.26 bits per heavy atom. The number of hydrogen-bond acceptors (Lipinski definition) is 13. The Balaban J connectivity index is 0.000000226. The lowest BCUT2D eigenvalue weighted by Gasteiger charge is -2.22. The van der Waals surface area contributed by atoms with Crippen LogP contribution in [0.1, 0.15) is 31.9 Å². The number of carbonyl (C=O) groups is 3. The highest BCUT2D eigenvalue weighted by molar-refractivity contribution is 8.00. The van der Waals surface area contributed by atoms with Crippen LogP contribution in [0.15, 0.2) is 139 Å². The van der Waals surface area contributed by atoms with Crippen molar-refractivity contribution in [2.24, 2.45) is 0 Å². The zero-order valence-corrected chi connectivity index (χ0v) is 37.6. The highest BCUT2D eigenvalue weighted by Gasteiger charge is 2.30. The molecule has 0 unspecified atom stereocenters. The normalized spacial score (nSPS) is 10.1. The third-order valence-corrected chi connectivity index (χ3v) is 11.4. The molecule has 0 aromatic heterocycles. The first-order valence-corrected chi connectivity index (χ1v) is 20.9. The summed E-state index contributed by atoms with van der Waals surface area (Å²) in [6.07, 6.45) is 0. The van der Waals surface area contributed by atoms with Gasteiger partial charge in [-0.2, -0.15) is 0 Å². The fraction of sp³-hybridized carbons (Fsp3) is 0.188. The Morgan fingerprint density at radius 2 is 0.852 bits per heavy atom. The zero-order valence-electron chi connectivity index (χ0n) is 35.2. The summed E-state index contributed by atoms with van der Waals surface area (Å²) in [5.74, 6) is 0.700. The minimum atomic E-state index is -0.598. The molecule has 0 N–H and O–H groups in total. The molecule has 0 aliphatic rings. The Kier molecular flexibility index (Phi) is 19.0. The van der Waals surface area contributed by atoms with Gasteiger partial charge in [0, 0.05) is 45.9 Å². The van der Waals surface area contributed by atoms with E-state index in [1.807, 2.05) is 79.7 Å². The molecular weight excluding hydrogens is 833 g/mol. The monoisotopic (exact) mass is 877 g/mol. The molecule has 0 spiro atoms. The van der Waals surface area contributed by atoms with Crippen LogP contribution in [0.25, 0.3) is 0 Å². The maximum Gasteiger partial charge on any atom is 0.308 e. The molecule has 6 aromatic carbocycles. The molecule has 0 bridgehead atoms. The Hall–Kier alpha value is -6.02. The predicted molar refractivity (Wildman–Crippen MR) is 237 cm³/mol. The molecule has 0 atom stereocenters. The lowest BCUT2D eigenvalue weighted by Crippen LogP contribution is -2.11. The van der Waals surface area contributed by atoms with Crippen LogP contribution in [-0.4, -0.2) is 46.3 Å². The van der Waals surface area contributed by atoms with Crippen LogP contribution >= 0.6 is 35.3 Å². The van der Waals surface area contributed by atoms with Gasteiger partial charge >= 0.3 is 17.9 Å². The summed E-state index contributed by atoms with van der Waals surface area (Å²) in [4.78, 5) is 40.4. The van der Waals surface area contributed by atoms with E-state index in [0.29, 0.717) is 33.5 Å². The first-order chi connectivity index (χ1) is 29.4. The van der Waals surface area contributed by atoms with E-state index in [4.69, 9.17) is 33.2 Å². The van der Waals surface area contributed by atoms with Crippen molar-refractivity contribution in [1.29, 1.82) is 0 Å². The van der Waals surface area contributed by atoms with Gasteiger partial charge in [-0.05, 0) is 104 Å². The maximum absolute atomic E-state index is 11.8. The van der Waals surface area contributed by atoms with Crippen LogP contribution in [0.5, 0.6) is 40.2 Å².